The molecule has 0 aliphatic carbocycles. The summed E-state index contributed by atoms with van der Waals surface area (Å²) in [5.41, 5.74) is 6.29. The number of rotatable bonds is 8. The van der Waals surface area contributed by atoms with Crippen LogP contribution in [0.4, 0.5) is 4.79 Å². The number of alkyl carbamates (subject to hydrolysis) is 1. The minimum atomic E-state index is -1.000. The lowest BCUT2D eigenvalue weighted by Gasteiger charge is -2.08. The van der Waals surface area contributed by atoms with Gasteiger partial charge in [0.2, 0.25) is 0 Å². The Morgan fingerprint density at radius 2 is 1.90 bits per heavy atom. The first-order valence-electron chi connectivity index (χ1n) is 6.52. The van der Waals surface area contributed by atoms with Crippen LogP contribution in [0.5, 0.6) is 0 Å². The third-order valence-electron chi connectivity index (χ3n) is 2.74. The van der Waals surface area contributed by atoms with Gasteiger partial charge in [-0.25, -0.2) is 4.79 Å². The molecule has 6 nitrogen and oxygen atoms in total. The van der Waals surface area contributed by atoms with Crippen molar-refractivity contribution in [2.75, 3.05) is 6.54 Å². The Morgan fingerprint density at radius 1 is 1.24 bits per heavy atom. The number of halogens is 1. The molecule has 0 bridgehead atoms. The van der Waals surface area contributed by atoms with Crippen molar-refractivity contribution in [1.29, 1.82) is 0 Å². The summed E-state index contributed by atoms with van der Waals surface area (Å²) in [4.78, 5) is 21.8. The lowest BCUT2D eigenvalue weighted by atomic mass is 10.1. The van der Waals surface area contributed by atoms with E-state index in [1.165, 1.54) is 0 Å². The third kappa shape index (κ3) is 8.88. The molecule has 1 atom stereocenters. The van der Waals surface area contributed by atoms with Gasteiger partial charge in [0.15, 0.2) is 0 Å². The van der Waals surface area contributed by atoms with Gasteiger partial charge in [-0.2, -0.15) is 0 Å². The molecule has 118 valence electrons. The minimum absolute atomic E-state index is 0. The predicted octanol–water partition coefficient (Wildman–Crippen LogP) is 1.92. The fourth-order valence-corrected chi connectivity index (χ4v) is 1.58. The largest absolute Gasteiger partial charge is 0.480 e. The Labute approximate surface area is 130 Å². The van der Waals surface area contributed by atoms with Crippen molar-refractivity contribution in [3.8, 4) is 0 Å². The van der Waals surface area contributed by atoms with Gasteiger partial charge >= 0.3 is 12.1 Å². The summed E-state index contributed by atoms with van der Waals surface area (Å²) < 4.78 is 5.03. The fraction of sp³-hybridized carbons (Fsp3) is 0.429. The van der Waals surface area contributed by atoms with Gasteiger partial charge < -0.3 is 20.9 Å². The first kappa shape index (κ1) is 19.2. The number of aliphatic carboxylic acids is 1. The molecular formula is C14H21ClN2O4. The number of hydrogen-bond donors (Lipinski definition) is 3. The van der Waals surface area contributed by atoms with E-state index in [1.807, 2.05) is 30.3 Å². The van der Waals surface area contributed by atoms with Crippen LogP contribution < -0.4 is 11.1 Å². The maximum Gasteiger partial charge on any atom is 0.407 e. The summed E-state index contributed by atoms with van der Waals surface area (Å²) >= 11 is 0. The van der Waals surface area contributed by atoms with Crippen LogP contribution in [-0.2, 0) is 16.1 Å². The quantitative estimate of drug-likeness (QED) is 0.636. The number of nitrogens with two attached hydrogens (primary N) is 1. The second kappa shape index (κ2) is 10.9. The summed E-state index contributed by atoms with van der Waals surface area (Å²) in [5, 5.41) is 11.2. The molecule has 0 aliphatic heterocycles. The number of carbonyl (C=O) groups excluding carboxylic acids is 1. The molecule has 0 saturated carbocycles. The van der Waals surface area contributed by atoms with Crippen LogP contribution in [0.15, 0.2) is 30.3 Å². The van der Waals surface area contributed by atoms with E-state index >= 15 is 0 Å². The maximum absolute atomic E-state index is 11.4. The number of carbonyl (C=O) groups is 2. The maximum atomic E-state index is 11.4. The van der Waals surface area contributed by atoms with Crippen LogP contribution in [0, 0.1) is 0 Å². The molecule has 0 spiro atoms. The van der Waals surface area contributed by atoms with Gasteiger partial charge in [0.05, 0.1) is 0 Å². The highest BCUT2D eigenvalue weighted by molar-refractivity contribution is 5.85. The van der Waals surface area contributed by atoms with Crippen LogP contribution in [-0.4, -0.2) is 29.8 Å². The SMILES string of the molecule is Cl.NC(CCCCNC(=O)OCc1ccccc1)C(=O)O. The van der Waals surface area contributed by atoms with Crippen LogP contribution in [0.25, 0.3) is 0 Å². The van der Waals surface area contributed by atoms with Gasteiger partial charge in [0.25, 0.3) is 0 Å². The number of carboxylic acid groups (broad SMARTS) is 1. The second-order valence-corrected chi connectivity index (χ2v) is 4.43. The van der Waals surface area contributed by atoms with Gasteiger partial charge in [0, 0.05) is 6.54 Å². The van der Waals surface area contributed by atoms with Crippen molar-refractivity contribution >= 4 is 24.5 Å². The van der Waals surface area contributed by atoms with Crippen LogP contribution in [0.2, 0.25) is 0 Å². The highest BCUT2D eigenvalue weighted by Gasteiger charge is 2.10. The van der Waals surface area contributed by atoms with E-state index in [9.17, 15) is 9.59 Å². The molecule has 0 fully saturated rings. The predicted molar refractivity (Wildman–Crippen MR) is 81.3 cm³/mol. The average Bonchev–Trinajstić information content (AvgIpc) is 2.45. The monoisotopic (exact) mass is 316 g/mol. The van der Waals surface area contributed by atoms with Crippen molar-refractivity contribution in [2.45, 2.75) is 31.9 Å². The molecule has 7 heteroatoms. The average molecular weight is 317 g/mol. The van der Waals surface area contributed by atoms with Crippen LogP contribution >= 0.6 is 12.4 Å². The summed E-state index contributed by atoms with van der Waals surface area (Å²) in [5.74, 6) is -1.000. The molecular weight excluding hydrogens is 296 g/mol. The first-order chi connectivity index (χ1) is 9.59. The molecule has 1 aromatic rings. The lowest BCUT2D eigenvalue weighted by molar-refractivity contribution is -0.138. The Balaban J connectivity index is 0.00000400. The molecule has 0 radical (unpaired) electrons. The number of unbranched alkanes of at least 4 members (excludes halogenated alkanes) is 1. The minimum Gasteiger partial charge on any atom is -0.480 e. The van der Waals surface area contributed by atoms with E-state index in [0.717, 1.165) is 5.56 Å². The van der Waals surface area contributed by atoms with Gasteiger partial charge in [0.1, 0.15) is 12.6 Å². The molecule has 4 N–H and O–H groups in total. The molecule has 1 unspecified atom stereocenters. The Bertz CT molecular complexity index is 428. The van der Waals surface area contributed by atoms with Gasteiger partial charge in [-0.15, -0.1) is 12.4 Å². The van der Waals surface area contributed by atoms with Crippen LogP contribution in [0.1, 0.15) is 24.8 Å². The molecule has 1 rings (SSSR count). The normalized spacial score (nSPS) is 11.1. The Hall–Kier alpha value is -1.79. The van der Waals surface area contributed by atoms with Crippen molar-refractivity contribution in [1.82, 2.24) is 5.32 Å². The van der Waals surface area contributed by atoms with Crippen molar-refractivity contribution < 1.29 is 19.4 Å². The molecule has 0 heterocycles. The van der Waals surface area contributed by atoms with E-state index in [1.54, 1.807) is 0 Å². The number of amides is 1. The number of ether oxygens (including phenoxy) is 1. The molecule has 0 aliphatic rings. The Kier molecular flexibility index (Phi) is 10.0. The highest BCUT2D eigenvalue weighted by Crippen LogP contribution is 2.01. The molecule has 21 heavy (non-hydrogen) atoms. The van der Waals surface area contributed by atoms with E-state index in [2.05, 4.69) is 5.32 Å². The summed E-state index contributed by atoms with van der Waals surface area (Å²) in [6.45, 7) is 0.677. The number of nitrogens with one attached hydrogen (secondary N) is 1. The van der Waals surface area contributed by atoms with Gasteiger partial charge in [-0.05, 0) is 24.8 Å². The second-order valence-electron chi connectivity index (χ2n) is 4.43. The van der Waals surface area contributed by atoms with E-state index < -0.39 is 18.1 Å². The number of carboxylic acids is 1. The highest BCUT2D eigenvalue weighted by atomic mass is 35.5. The number of benzene rings is 1. The first-order valence-corrected chi connectivity index (χ1v) is 6.52. The van der Waals surface area contributed by atoms with Crippen LogP contribution in [0.3, 0.4) is 0 Å². The zero-order chi connectivity index (χ0) is 14.8. The van der Waals surface area contributed by atoms with Gasteiger partial charge in [-0.1, -0.05) is 30.3 Å². The van der Waals surface area contributed by atoms with Crippen molar-refractivity contribution in [3.63, 3.8) is 0 Å². The summed E-state index contributed by atoms with van der Waals surface area (Å²) in [6.07, 6.45) is 1.24. The van der Waals surface area contributed by atoms with E-state index in [-0.39, 0.29) is 19.0 Å². The Morgan fingerprint density at radius 3 is 2.52 bits per heavy atom. The standard InChI is InChI=1S/C14H20N2O4.ClH/c15-12(13(17)18)8-4-5-9-16-14(19)20-10-11-6-2-1-3-7-11;/h1-3,6-7,12H,4-5,8-10,15H2,(H,16,19)(H,17,18);1H. The summed E-state index contributed by atoms with van der Waals surface area (Å²) in [7, 11) is 0. The van der Waals surface area contributed by atoms with E-state index in [4.69, 9.17) is 15.6 Å². The van der Waals surface area contributed by atoms with Crippen molar-refractivity contribution in [3.05, 3.63) is 35.9 Å². The van der Waals surface area contributed by atoms with Crippen molar-refractivity contribution in [2.24, 2.45) is 5.73 Å². The number of hydrogen-bond acceptors (Lipinski definition) is 4. The lowest BCUT2D eigenvalue weighted by Crippen LogP contribution is -2.30. The topological polar surface area (TPSA) is 102 Å². The third-order valence-corrected chi connectivity index (χ3v) is 2.74. The van der Waals surface area contributed by atoms with E-state index in [0.29, 0.717) is 25.8 Å². The van der Waals surface area contributed by atoms with Gasteiger partial charge in [-0.3, -0.25) is 4.79 Å². The molecule has 1 aromatic carbocycles. The zero-order valence-corrected chi connectivity index (χ0v) is 12.5. The molecule has 0 aromatic heterocycles. The molecule has 1 amide bonds. The summed E-state index contributed by atoms with van der Waals surface area (Å²) in [6, 6.07) is 8.57. The smallest absolute Gasteiger partial charge is 0.407 e. The zero-order valence-electron chi connectivity index (χ0n) is 11.7. The fourth-order valence-electron chi connectivity index (χ4n) is 1.58. The molecule has 0 saturated heterocycles.